The van der Waals surface area contributed by atoms with Gasteiger partial charge in [-0.25, -0.2) is 4.39 Å². The zero-order valence-corrected chi connectivity index (χ0v) is 17.7. The number of halogens is 1. The van der Waals surface area contributed by atoms with Crippen molar-refractivity contribution in [3.63, 3.8) is 0 Å². The Labute approximate surface area is 177 Å². The minimum Gasteiger partial charge on any atom is -0.293 e. The lowest BCUT2D eigenvalue weighted by molar-refractivity contribution is -0.120. The van der Waals surface area contributed by atoms with Gasteiger partial charge in [-0.05, 0) is 41.5 Å². The number of aromatic nitrogens is 2. The summed E-state index contributed by atoms with van der Waals surface area (Å²) < 4.78 is 15.4. The average molecular weight is 421 g/mol. The van der Waals surface area contributed by atoms with Crippen LogP contribution in [0.1, 0.15) is 31.9 Å². The quantitative estimate of drug-likeness (QED) is 0.649. The number of carbonyl (C=O) groups excluding carboxylic acids is 1. The van der Waals surface area contributed by atoms with Gasteiger partial charge in [-0.1, -0.05) is 32.9 Å². The summed E-state index contributed by atoms with van der Waals surface area (Å²) in [7, 11) is 0. The molecule has 0 N–H and O–H groups in total. The molecule has 0 atom stereocenters. The van der Waals surface area contributed by atoms with Gasteiger partial charge >= 0.3 is 0 Å². The van der Waals surface area contributed by atoms with Gasteiger partial charge < -0.3 is 0 Å². The lowest BCUT2D eigenvalue weighted by atomic mass is 9.87. The van der Waals surface area contributed by atoms with Crippen LogP contribution in [0.25, 0.3) is 11.6 Å². The second-order valence-electron chi connectivity index (χ2n) is 7.78. The molecule has 3 rings (SSSR count). The van der Waals surface area contributed by atoms with Crippen molar-refractivity contribution in [1.82, 2.24) is 9.55 Å². The number of nitriles is 1. The number of nitrogens with zero attached hydrogens (tertiary/aromatic N) is 3. The maximum Gasteiger partial charge on any atom is 0.269 e. The molecule has 0 saturated carbocycles. The van der Waals surface area contributed by atoms with E-state index in [2.05, 4.69) is 4.98 Å². The second kappa shape index (κ2) is 8.56. The number of benzene rings is 1. The lowest BCUT2D eigenvalue weighted by Gasteiger charge is -2.15. The molecule has 3 aromatic rings. The topological polar surface area (TPSA) is 75.8 Å². The fraction of sp³-hybridized carbons (Fsp3) is 0.217. The third kappa shape index (κ3) is 4.61. The number of thiazole rings is 1. The van der Waals surface area contributed by atoms with Gasteiger partial charge in [-0.2, -0.15) is 5.26 Å². The van der Waals surface area contributed by atoms with Crippen LogP contribution in [0.4, 0.5) is 4.39 Å². The second-order valence-corrected chi connectivity index (χ2v) is 8.81. The van der Waals surface area contributed by atoms with Crippen LogP contribution < -0.4 is 14.8 Å². The number of Topliss-reactive ketones (excluding diaryl/α,β-unsaturated/α-hetero) is 1. The van der Waals surface area contributed by atoms with E-state index in [0.717, 1.165) is 16.9 Å². The maximum absolute atomic E-state index is 13.3. The number of carbonyl (C=O) groups is 1. The molecule has 7 heteroatoms. The summed E-state index contributed by atoms with van der Waals surface area (Å²) >= 11 is 1.10. The molecule has 0 aliphatic carbocycles. The molecule has 1 aromatic carbocycles. The highest BCUT2D eigenvalue weighted by Crippen LogP contribution is 2.19. The molecule has 5 nitrogen and oxygen atoms in total. The lowest BCUT2D eigenvalue weighted by Crippen LogP contribution is -2.34. The Morgan fingerprint density at radius 1 is 1.20 bits per heavy atom. The summed E-state index contributed by atoms with van der Waals surface area (Å²) in [6, 6.07) is 11.3. The predicted molar refractivity (Wildman–Crippen MR) is 115 cm³/mol. The molecule has 30 heavy (non-hydrogen) atoms. The number of hydrogen-bond acceptors (Lipinski definition) is 5. The minimum atomic E-state index is -0.777. The summed E-state index contributed by atoms with van der Waals surface area (Å²) in [6.45, 7) is 5.31. The smallest absolute Gasteiger partial charge is 0.269 e. The molecule has 0 saturated heterocycles. The van der Waals surface area contributed by atoms with Gasteiger partial charge in [0.05, 0.1) is 11.1 Å². The van der Waals surface area contributed by atoms with Gasteiger partial charge in [0.1, 0.15) is 22.1 Å². The molecular formula is C23H20FN3O2S. The number of pyridine rings is 1. The van der Waals surface area contributed by atoms with E-state index in [1.165, 1.54) is 16.7 Å². The molecule has 0 aliphatic heterocycles. The highest BCUT2D eigenvalue weighted by molar-refractivity contribution is 7.07. The molecular weight excluding hydrogens is 401 g/mol. The molecule has 0 aliphatic rings. The third-order valence-corrected chi connectivity index (χ3v) is 5.53. The number of rotatable bonds is 4. The van der Waals surface area contributed by atoms with E-state index >= 15 is 0 Å². The van der Waals surface area contributed by atoms with Crippen molar-refractivity contribution < 1.29 is 9.18 Å². The van der Waals surface area contributed by atoms with Gasteiger partial charge in [0.15, 0.2) is 5.78 Å². The zero-order chi connectivity index (χ0) is 21.9. The molecule has 2 heterocycles. The van der Waals surface area contributed by atoms with Crippen LogP contribution in [0.5, 0.6) is 0 Å². The Balaban J connectivity index is 2.31. The van der Waals surface area contributed by atoms with E-state index in [1.54, 1.807) is 63.5 Å². The van der Waals surface area contributed by atoms with Crippen molar-refractivity contribution in [3.05, 3.63) is 85.3 Å². The van der Waals surface area contributed by atoms with E-state index in [9.17, 15) is 19.2 Å². The largest absolute Gasteiger partial charge is 0.293 e. The van der Waals surface area contributed by atoms with Crippen molar-refractivity contribution in [1.29, 1.82) is 5.26 Å². The van der Waals surface area contributed by atoms with Crippen molar-refractivity contribution in [2.45, 2.75) is 27.3 Å². The Morgan fingerprint density at radius 2 is 1.83 bits per heavy atom. The monoisotopic (exact) mass is 421 g/mol. The van der Waals surface area contributed by atoms with E-state index in [1.807, 2.05) is 6.07 Å². The first kappa shape index (κ1) is 21.3. The van der Waals surface area contributed by atoms with Crippen LogP contribution >= 0.6 is 11.3 Å². The van der Waals surface area contributed by atoms with Gasteiger partial charge in [0.25, 0.3) is 5.56 Å². The number of hydrogen-bond donors (Lipinski definition) is 0. The van der Waals surface area contributed by atoms with Gasteiger partial charge in [0.2, 0.25) is 0 Å². The highest BCUT2D eigenvalue weighted by atomic mass is 32.1. The van der Waals surface area contributed by atoms with Gasteiger partial charge in [0, 0.05) is 17.8 Å². The molecule has 0 amide bonds. The molecule has 0 bridgehead atoms. The molecule has 0 radical (unpaired) electrons. The first-order valence-electron chi connectivity index (χ1n) is 9.26. The standard InChI is InChI=1S/C23H20FN3O2S/c1-23(2,3)20(28)18(13-25)22-27(14-16-4-6-17(24)7-5-16)21(29)19(30-22)12-15-8-10-26-11-9-15/h4-12H,14H2,1-3H3. The van der Waals surface area contributed by atoms with E-state index < -0.39 is 5.41 Å². The van der Waals surface area contributed by atoms with Crippen LogP contribution in [0.2, 0.25) is 0 Å². The van der Waals surface area contributed by atoms with Crippen LogP contribution in [0.3, 0.4) is 0 Å². The molecule has 2 aromatic heterocycles. The predicted octanol–water partition coefficient (Wildman–Crippen LogP) is 2.61. The van der Waals surface area contributed by atoms with Crippen molar-refractivity contribution >= 4 is 28.8 Å². The Morgan fingerprint density at radius 3 is 2.40 bits per heavy atom. The first-order chi connectivity index (χ1) is 14.2. The van der Waals surface area contributed by atoms with Gasteiger partial charge in [-0.15, -0.1) is 11.3 Å². The fourth-order valence-electron chi connectivity index (χ4n) is 2.80. The van der Waals surface area contributed by atoms with Crippen LogP contribution in [0.15, 0.2) is 53.6 Å². The van der Waals surface area contributed by atoms with Crippen molar-refractivity contribution in [2.24, 2.45) is 5.41 Å². The summed E-state index contributed by atoms with van der Waals surface area (Å²) in [5, 5.41) is 9.75. The summed E-state index contributed by atoms with van der Waals surface area (Å²) in [5.41, 5.74) is 0.325. The average Bonchev–Trinajstić information content (AvgIpc) is 3.00. The Hall–Kier alpha value is -3.37. The van der Waals surface area contributed by atoms with Crippen LogP contribution in [-0.2, 0) is 11.3 Å². The summed E-state index contributed by atoms with van der Waals surface area (Å²) in [6.07, 6.45) is 4.94. The maximum atomic E-state index is 13.3. The van der Waals surface area contributed by atoms with Crippen LogP contribution in [0, 0.1) is 22.6 Å². The number of ketones is 1. The van der Waals surface area contributed by atoms with E-state index in [-0.39, 0.29) is 29.3 Å². The van der Waals surface area contributed by atoms with Crippen molar-refractivity contribution in [2.75, 3.05) is 0 Å². The molecule has 0 fully saturated rings. The van der Waals surface area contributed by atoms with E-state index in [4.69, 9.17) is 0 Å². The van der Waals surface area contributed by atoms with Crippen molar-refractivity contribution in [3.8, 4) is 6.07 Å². The minimum absolute atomic E-state index is 0.0545. The molecule has 0 unspecified atom stereocenters. The SMILES string of the molecule is CC(C)(C)C(=O)C(C#N)=c1sc(=Cc2ccncc2)c(=O)n1Cc1ccc(F)cc1. The third-order valence-electron chi connectivity index (χ3n) is 4.40. The fourth-order valence-corrected chi connectivity index (χ4v) is 3.90. The van der Waals surface area contributed by atoms with Gasteiger partial charge in [-0.3, -0.25) is 19.1 Å². The first-order valence-corrected chi connectivity index (χ1v) is 10.1. The Kier molecular flexibility index (Phi) is 6.09. The Bertz CT molecular complexity index is 1290. The molecule has 152 valence electrons. The van der Waals surface area contributed by atoms with Crippen LogP contribution in [-0.4, -0.2) is 15.3 Å². The normalized spacial score (nSPS) is 13.1. The molecule has 0 spiro atoms. The zero-order valence-electron chi connectivity index (χ0n) is 16.8. The highest BCUT2D eigenvalue weighted by Gasteiger charge is 2.27. The van der Waals surface area contributed by atoms with E-state index in [0.29, 0.717) is 14.8 Å². The summed E-state index contributed by atoms with van der Waals surface area (Å²) in [5.74, 6) is -0.717. The summed E-state index contributed by atoms with van der Waals surface area (Å²) in [4.78, 5) is 30.0.